The highest BCUT2D eigenvalue weighted by Gasteiger charge is 2.25. The molecule has 1 amide bonds. The van der Waals surface area contributed by atoms with Gasteiger partial charge in [0.25, 0.3) is 0 Å². The second kappa shape index (κ2) is 7.36. The van der Waals surface area contributed by atoms with Gasteiger partial charge >= 0.3 is 0 Å². The number of carbonyl (C=O) groups excluding carboxylic acids is 1. The van der Waals surface area contributed by atoms with Crippen LogP contribution in [-0.2, 0) is 4.79 Å². The molecule has 23 heavy (non-hydrogen) atoms. The Labute approximate surface area is 144 Å². The second-order valence-corrected chi connectivity index (χ2v) is 8.62. The van der Waals surface area contributed by atoms with Crippen molar-refractivity contribution in [3.05, 3.63) is 22.4 Å². The van der Waals surface area contributed by atoms with Crippen molar-refractivity contribution in [3.8, 4) is 11.8 Å². The third-order valence-corrected chi connectivity index (χ3v) is 5.20. The molecule has 0 saturated heterocycles. The van der Waals surface area contributed by atoms with Gasteiger partial charge in [-0.15, -0.1) is 11.3 Å². The van der Waals surface area contributed by atoms with Crippen molar-refractivity contribution >= 4 is 29.0 Å². The SMILES string of the molecule is C=Cc1sc(C#CC(C)(C)C)cc1NC(=O)C1CCC(C)CC1. The monoisotopic (exact) mass is 329 g/mol. The minimum Gasteiger partial charge on any atom is -0.325 e. The van der Waals surface area contributed by atoms with Gasteiger partial charge in [0.1, 0.15) is 0 Å². The maximum Gasteiger partial charge on any atom is 0.227 e. The van der Waals surface area contributed by atoms with Crippen molar-refractivity contribution in [2.45, 2.75) is 53.4 Å². The van der Waals surface area contributed by atoms with E-state index in [-0.39, 0.29) is 17.2 Å². The Hall–Kier alpha value is -1.53. The van der Waals surface area contributed by atoms with Crippen LogP contribution >= 0.6 is 11.3 Å². The van der Waals surface area contributed by atoms with Crippen LogP contribution in [0.25, 0.3) is 6.08 Å². The van der Waals surface area contributed by atoms with Crippen molar-refractivity contribution in [1.29, 1.82) is 0 Å². The topological polar surface area (TPSA) is 29.1 Å². The average Bonchev–Trinajstić information content (AvgIpc) is 2.87. The van der Waals surface area contributed by atoms with Crippen LogP contribution in [0.1, 0.15) is 63.1 Å². The van der Waals surface area contributed by atoms with E-state index in [2.05, 4.69) is 51.4 Å². The van der Waals surface area contributed by atoms with E-state index in [1.807, 2.05) is 6.07 Å². The fourth-order valence-electron chi connectivity index (χ4n) is 2.72. The summed E-state index contributed by atoms with van der Waals surface area (Å²) in [4.78, 5) is 14.5. The largest absolute Gasteiger partial charge is 0.325 e. The molecule has 0 aromatic carbocycles. The van der Waals surface area contributed by atoms with Crippen molar-refractivity contribution in [2.75, 3.05) is 5.32 Å². The van der Waals surface area contributed by atoms with E-state index < -0.39 is 0 Å². The second-order valence-electron chi connectivity index (χ2n) is 7.54. The van der Waals surface area contributed by atoms with Crippen molar-refractivity contribution < 1.29 is 4.79 Å². The van der Waals surface area contributed by atoms with Crippen LogP contribution in [0.2, 0.25) is 0 Å². The highest BCUT2D eigenvalue weighted by Crippen LogP contribution is 2.32. The Morgan fingerprint density at radius 1 is 1.35 bits per heavy atom. The lowest BCUT2D eigenvalue weighted by atomic mass is 9.82. The van der Waals surface area contributed by atoms with E-state index in [0.29, 0.717) is 0 Å². The summed E-state index contributed by atoms with van der Waals surface area (Å²) in [6.45, 7) is 12.4. The van der Waals surface area contributed by atoms with E-state index in [4.69, 9.17) is 0 Å². The molecular formula is C20H27NOS. The summed E-state index contributed by atoms with van der Waals surface area (Å²) in [7, 11) is 0. The Bertz CT molecular complexity index is 631. The summed E-state index contributed by atoms with van der Waals surface area (Å²) in [5, 5.41) is 3.10. The Morgan fingerprint density at radius 3 is 2.57 bits per heavy atom. The molecule has 0 atom stereocenters. The summed E-state index contributed by atoms with van der Waals surface area (Å²) in [5.74, 6) is 7.49. The van der Waals surface area contributed by atoms with Crippen LogP contribution in [0, 0.1) is 29.1 Å². The molecule has 2 rings (SSSR count). The Morgan fingerprint density at radius 2 is 2.00 bits per heavy atom. The summed E-state index contributed by atoms with van der Waals surface area (Å²) >= 11 is 1.58. The molecule has 0 unspecified atom stereocenters. The van der Waals surface area contributed by atoms with Crippen LogP contribution in [0.3, 0.4) is 0 Å². The first-order chi connectivity index (χ1) is 10.8. The maximum atomic E-state index is 12.5. The molecule has 1 aliphatic rings. The number of nitrogens with one attached hydrogen (secondary N) is 1. The van der Waals surface area contributed by atoms with Gasteiger partial charge in [-0.05, 0) is 64.5 Å². The number of thiophene rings is 1. The van der Waals surface area contributed by atoms with Crippen LogP contribution in [-0.4, -0.2) is 5.91 Å². The number of rotatable bonds is 3. The Balaban J connectivity index is 2.09. The zero-order valence-corrected chi connectivity index (χ0v) is 15.5. The lowest BCUT2D eigenvalue weighted by Gasteiger charge is -2.25. The first-order valence-electron chi connectivity index (χ1n) is 8.39. The van der Waals surface area contributed by atoms with Gasteiger partial charge in [-0.3, -0.25) is 4.79 Å². The molecule has 1 aromatic heterocycles. The van der Waals surface area contributed by atoms with E-state index >= 15 is 0 Å². The molecule has 1 aromatic rings. The molecule has 0 radical (unpaired) electrons. The van der Waals surface area contributed by atoms with E-state index in [1.54, 1.807) is 17.4 Å². The molecule has 2 nitrogen and oxygen atoms in total. The van der Waals surface area contributed by atoms with Gasteiger partial charge in [0, 0.05) is 11.3 Å². The maximum absolute atomic E-state index is 12.5. The molecule has 0 bridgehead atoms. The van der Waals surface area contributed by atoms with Crippen molar-refractivity contribution in [1.82, 2.24) is 0 Å². The van der Waals surface area contributed by atoms with Crippen molar-refractivity contribution in [2.24, 2.45) is 17.3 Å². The first kappa shape index (κ1) is 17.8. The van der Waals surface area contributed by atoms with Crippen LogP contribution in [0.15, 0.2) is 12.6 Å². The van der Waals surface area contributed by atoms with Gasteiger partial charge in [-0.1, -0.05) is 25.3 Å². The average molecular weight is 330 g/mol. The van der Waals surface area contributed by atoms with Gasteiger partial charge in [0.15, 0.2) is 0 Å². The molecule has 1 saturated carbocycles. The minimum absolute atomic E-state index is 0.0272. The lowest BCUT2D eigenvalue weighted by molar-refractivity contribution is -0.121. The molecule has 124 valence electrons. The molecule has 1 fully saturated rings. The molecule has 1 N–H and O–H groups in total. The Kier molecular flexibility index (Phi) is 5.70. The minimum atomic E-state index is -0.0272. The van der Waals surface area contributed by atoms with Gasteiger partial charge in [0.05, 0.1) is 15.4 Å². The quantitative estimate of drug-likeness (QED) is 0.723. The van der Waals surface area contributed by atoms with Crippen molar-refractivity contribution in [3.63, 3.8) is 0 Å². The van der Waals surface area contributed by atoms with Crippen LogP contribution in [0.5, 0.6) is 0 Å². The smallest absolute Gasteiger partial charge is 0.227 e. The van der Waals surface area contributed by atoms with E-state index in [0.717, 1.165) is 47.0 Å². The van der Waals surface area contributed by atoms with Gasteiger partial charge in [0.2, 0.25) is 5.91 Å². The molecule has 0 aliphatic heterocycles. The molecular weight excluding hydrogens is 302 g/mol. The molecule has 1 aliphatic carbocycles. The molecule has 0 spiro atoms. The normalized spacial score (nSPS) is 21.2. The van der Waals surface area contributed by atoms with E-state index in [1.165, 1.54) is 0 Å². The zero-order chi connectivity index (χ0) is 17.0. The van der Waals surface area contributed by atoms with Crippen LogP contribution in [0.4, 0.5) is 5.69 Å². The predicted molar refractivity (Wildman–Crippen MR) is 100 cm³/mol. The summed E-state index contributed by atoms with van der Waals surface area (Å²) < 4.78 is 0. The summed E-state index contributed by atoms with van der Waals surface area (Å²) in [6.07, 6.45) is 6.09. The van der Waals surface area contributed by atoms with Gasteiger partial charge < -0.3 is 5.32 Å². The number of amides is 1. The summed E-state index contributed by atoms with van der Waals surface area (Å²) in [6, 6.07) is 1.98. The van der Waals surface area contributed by atoms with Crippen LogP contribution < -0.4 is 5.32 Å². The number of anilines is 1. The molecule has 1 heterocycles. The molecule has 3 heteroatoms. The zero-order valence-electron chi connectivity index (χ0n) is 14.7. The van der Waals surface area contributed by atoms with Gasteiger partial charge in [-0.2, -0.15) is 0 Å². The third kappa shape index (κ3) is 5.25. The lowest BCUT2D eigenvalue weighted by Crippen LogP contribution is -2.26. The highest BCUT2D eigenvalue weighted by molar-refractivity contribution is 7.14. The predicted octanol–water partition coefficient (Wildman–Crippen LogP) is 5.55. The fourth-order valence-corrected chi connectivity index (χ4v) is 3.54. The standard InChI is InChI=1S/C20H27NOS/c1-6-18-17(13-16(23-18)11-12-20(3,4)5)21-19(22)15-9-7-14(2)8-10-15/h6,13-15H,1,7-10H2,2-5H3,(H,21,22). The number of hydrogen-bond acceptors (Lipinski definition) is 2. The summed E-state index contributed by atoms with van der Waals surface area (Å²) in [5.41, 5.74) is 0.826. The fraction of sp³-hybridized carbons (Fsp3) is 0.550. The van der Waals surface area contributed by atoms with Gasteiger partial charge in [-0.25, -0.2) is 0 Å². The highest BCUT2D eigenvalue weighted by atomic mass is 32.1. The van der Waals surface area contributed by atoms with E-state index in [9.17, 15) is 4.79 Å². The third-order valence-electron chi connectivity index (χ3n) is 4.15. The number of carbonyl (C=O) groups is 1. The first-order valence-corrected chi connectivity index (χ1v) is 9.20. The number of hydrogen-bond donors (Lipinski definition) is 1.